The molecule has 0 saturated carbocycles. The van der Waals surface area contributed by atoms with Crippen LogP contribution in [0.5, 0.6) is 0 Å². The summed E-state index contributed by atoms with van der Waals surface area (Å²) in [5, 5.41) is 6.72. The Hall–Kier alpha value is -1.53. The third-order valence-corrected chi connectivity index (χ3v) is 4.39. The summed E-state index contributed by atoms with van der Waals surface area (Å²) in [5.41, 5.74) is 1.51. The molecule has 1 amide bonds. The van der Waals surface area contributed by atoms with E-state index >= 15 is 0 Å². The number of benzene rings is 1. The zero-order valence-electron chi connectivity index (χ0n) is 11.0. The highest BCUT2D eigenvalue weighted by Gasteiger charge is 2.22. The Morgan fingerprint density at radius 3 is 3.20 bits per heavy atom. The van der Waals surface area contributed by atoms with Gasteiger partial charge in [0.15, 0.2) is 0 Å². The van der Waals surface area contributed by atoms with E-state index in [2.05, 4.69) is 10.6 Å². The fourth-order valence-electron chi connectivity index (χ4n) is 2.27. The highest BCUT2D eigenvalue weighted by molar-refractivity contribution is 7.99. The molecule has 20 heavy (non-hydrogen) atoms. The maximum atomic E-state index is 13.2. The van der Waals surface area contributed by atoms with Crippen molar-refractivity contribution >= 4 is 28.6 Å². The zero-order valence-corrected chi connectivity index (χ0v) is 11.8. The average molecular weight is 294 g/mol. The molecule has 1 fully saturated rings. The summed E-state index contributed by atoms with van der Waals surface area (Å²) in [7, 11) is 0. The maximum absolute atomic E-state index is 13.2. The average Bonchev–Trinajstić information content (AvgIpc) is 3.06. The maximum Gasteiger partial charge on any atom is 0.238 e. The van der Waals surface area contributed by atoms with Crippen molar-refractivity contribution in [3.8, 4) is 0 Å². The predicted molar refractivity (Wildman–Crippen MR) is 77.0 cm³/mol. The zero-order chi connectivity index (χ0) is 14.1. The van der Waals surface area contributed by atoms with Gasteiger partial charge in [0.1, 0.15) is 17.2 Å². The summed E-state index contributed by atoms with van der Waals surface area (Å²) in [5.74, 6) is 1.95. The molecule has 2 heterocycles. The second-order valence-electron chi connectivity index (χ2n) is 4.78. The minimum absolute atomic E-state index is 0.0268. The number of nitrogens with one attached hydrogen (secondary N) is 2. The molecule has 4 nitrogen and oxygen atoms in total. The van der Waals surface area contributed by atoms with Crippen LogP contribution in [0.15, 0.2) is 22.6 Å². The third-order valence-electron chi connectivity index (χ3n) is 3.45. The van der Waals surface area contributed by atoms with E-state index in [1.165, 1.54) is 12.1 Å². The molecule has 1 aliphatic heterocycles. The molecular weight excluding hydrogens is 279 g/mol. The lowest BCUT2D eigenvalue weighted by atomic mass is 10.1. The molecule has 3 rings (SSSR count). The van der Waals surface area contributed by atoms with Crippen LogP contribution >= 0.6 is 11.8 Å². The number of carbonyl (C=O) groups excluding carboxylic acids is 1. The van der Waals surface area contributed by atoms with Crippen molar-refractivity contribution in [2.24, 2.45) is 0 Å². The van der Waals surface area contributed by atoms with E-state index in [-0.39, 0.29) is 17.8 Å². The normalized spacial score (nSPS) is 18.6. The van der Waals surface area contributed by atoms with E-state index in [1.807, 2.05) is 6.92 Å². The number of hydrogen-bond donors (Lipinski definition) is 2. The largest absolute Gasteiger partial charge is 0.459 e. The van der Waals surface area contributed by atoms with Crippen LogP contribution in [-0.2, 0) is 11.3 Å². The molecule has 0 spiro atoms. The summed E-state index contributed by atoms with van der Waals surface area (Å²) in [4.78, 5) is 11.9. The Morgan fingerprint density at radius 2 is 2.45 bits per heavy atom. The van der Waals surface area contributed by atoms with Gasteiger partial charge in [0.05, 0.1) is 12.6 Å². The number of thioether (sulfide) groups is 1. The van der Waals surface area contributed by atoms with Crippen molar-refractivity contribution in [2.75, 3.05) is 11.6 Å². The third kappa shape index (κ3) is 2.53. The van der Waals surface area contributed by atoms with Gasteiger partial charge in [-0.25, -0.2) is 4.39 Å². The Bertz CT molecular complexity index is 650. The summed E-state index contributed by atoms with van der Waals surface area (Å²) in [6, 6.07) is 4.29. The molecule has 2 N–H and O–H groups in total. The number of hydrogen-bond acceptors (Lipinski definition) is 4. The molecule has 0 bridgehead atoms. The lowest BCUT2D eigenvalue weighted by Crippen LogP contribution is -2.41. The molecule has 1 saturated heterocycles. The van der Waals surface area contributed by atoms with Crippen molar-refractivity contribution in [2.45, 2.75) is 19.5 Å². The minimum Gasteiger partial charge on any atom is -0.459 e. The van der Waals surface area contributed by atoms with Crippen LogP contribution in [0.4, 0.5) is 4.39 Å². The van der Waals surface area contributed by atoms with E-state index in [9.17, 15) is 9.18 Å². The topological polar surface area (TPSA) is 54.3 Å². The number of aryl methyl sites for hydroxylation is 1. The molecule has 1 atom stereocenters. The van der Waals surface area contributed by atoms with Gasteiger partial charge in [-0.2, -0.15) is 0 Å². The van der Waals surface area contributed by atoms with Gasteiger partial charge in [-0.05, 0) is 25.1 Å². The molecule has 1 aliphatic rings. The predicted octanol–water partition coefficient (Wildman–Crippen LogP) is 2.16. The van der Waals surface area contributed by atoms with Crippen LogP contribution in [0, 0.1) is 12.7 Å². The molecule has 1 aromatic carbocycles. The van der Waals surface area contributed by atoms with Gasteiger partial charge < -0.3 is 9.73 Å². The highest BCUT2D eigenvalue weighted by atomic mass is 32.2. The first kappa shape index (κ1) is 13.5. The second kappa shape index (κ2) is 5.46. The van der Waals surface area contributed by atoms with Crippen LogP contribution in [-0.4, -0.2) is 23.6 Å². The summed E-state index contributed by atoms with van der Waals surface area (Å²) < 4.78 is 18.9. The fraction of sp³-hybridized carbons (Fsp3) is 0.357. The second-order valence-corrected chi connectivity index (χ2v) is 5.81. The lowest BCUT2D eigenvalue weighted by Gasteiger charge is -2.09. The SMILES string of the molecule is Cc1c(CNC(=O)C2CSCN2)oc2ccc(F)cc12. The Labute approximate surface area is 120 Å². The Morgan fingerprint density at radius 1 is 1.60 bits per heavy atom. The number of amides is 1. The smallest absolute Gasteiger partial charge is 0.238 e. The van der Waals surface area contributed by atoms with E-state index < -0.39 is 0 Å². The highest BCUT2D eigenvalue weighted by Crippen LogP contribution is 2.25. The first-order valence-corrected chi connectivity index (χ1v) is 7.57. The van der Waals surface area contributed by atoms with Crippen molar-refractivity contribution < 1.29 is 13.6 Å². The van der Waals surface area contributed by atoms with Gasteiger partial charge in [-0.1, -0.05) is 0 Å². The molecule has 1 aromatic heterocycles. The molecule has 6 heteroatoms. The number of halogens is 1. The van der Waals surface area contributed by atoms with Crippen molar-refractivity contribution in [3.63, 3.8) is 0 Å². The first-order valence-electron chi connectivity index (χ1n) is 6.41. The molecular formula is C14H15FN2O2S. The van der Waals surface area contributed by atoms with Crippen LogP contribution in [0.25, 0.3) is 11.0 Å². The van der Waals surface area contributed by atoms with Crippen LogP contribution in [0.1, 0.15) is 11.3 Å². The van der Waals surface area contributed by atoms with Crippen LogP contribution in [0.2, 0.25) is 0 Å². The van der Waals surface area contributed by atoms with Crippen molar-refractivity contribution in [3.05, 3.63) is 35.3 Å². The molecule has 1 unspecified atom stereocenters. The minimum atomic E-state index is -0.288. The van der Waals surface area contributed by atoms with Crippen LogP contribution in [0.3, 0.4) is 0 Å². The first-order chi connectivity index (χ1) is 9.65. The van der Waals surface area contributed by atoms with Gasteiger partial charge in [0.2, 0.25) is 5.91 Å². The summed E-state index contributed by atoms with van der Waals surface area (Å²) in [6.45, 7) is 2.19. The van der Waals surface area contributed by atoms with E-state index in [4.69, 9.17) is 4.42 Å². The Balaban J connectivity index is 1.74. The van der Waals surface area contributed by atoms with E-state index in [1.54, 1.807) is 17.8 Å². The van der Waals surface area contributed by atoms with Crippen molar-refractivity contribution in [1.29, 1.82) is 0 Å². The molecule has 2 aromatic rings. The van der Waals surface area contributed by atoms with E-state index in [0.29, 0.717) is 17.9 Å². The summed E-state index contributed by atoms with van der Waals surface area (Å²) in [6.07, 6.45) is 0. The number of fused-ring (bicyclic) bond motifs is 1. The van der Waals surface area contributed by atoms with Crippen LogP contribution < -0.4 is 10.6 Å². The monoisotopic (exact) mass is 294 g/mol. The van der Waals surface area contributed by atoms with Gasteiger partial charge >= 0.3 is 0 Å². The standard InChI is InChI=1S/C14H15FN2O2S/c1-8-10-4-9(15)2-3-12(10)19-13(8)5-16-14(18)11-6-20-7-17-11/h2-4,11,17H,5-7H2,1H3,(H,16,18). The molecule has 0 aliphatic carbocycles. The molecule has 106 valence electrons. The molecule has 0 radical (unpaired) electrons. The fourth-order valence-corrected chi connectivity index (χ4v) is 3.21. The van der Waals surface area contributed by atoms with Gasteiger partial charge in [-0.3, -0.25) is 10.1 Å². The van der Waals surface area contributed by atoms with Gasteiger partial charge in [0, 0.05) is 22.6 Å². The number of rotatable bonds is 3. The van der Waals surface area contributed by atoms with Gasteiger partial charge in [-0.15, -0.1) is 11.8 Å². The lowest BCUT2D eigenvalue weighted by molar-refractivity contribution is -0.122. The summed E-state index contributed by atoms with van der Waals surface area (Å²) >= 11 is 1.70. The van der Waals surface area contributed by atoms with Crippen molar-refractivity contribution in [1.82, 2.24) is 10.6 Å². The number of carbonyl (C=O) groups is 1. The number of furan rings is 1. The van der Waals surface area contributed by atoms with E-state index in [0.717, 1.165) is 22.6 Å². The Kier molecular flexibility index (Phi) is 3.67. The van der Waals surface area contributed by atoms with Gasteiger partial charge in [0.25, 0.3) is 0 Å². The quantitative estimate of drug-likeness (QED) is 0.911.